The average Bonchev–Trinajstić information content (AvgIpc) is 2.90. The molecule has 1 aromatic heterocycles. The van der Waals surface area contributed by atoms with Crippen LogP contribution < -0.4 is 0 Å². The molecule has 1 heterocycles. The maximum absolute atomic E-state index is 14.5. The lowest BCUT2D eigenvalue weighted by atomic mass is 9.94. The van der Waals surface area contributed by atoms with Gasteiger partial charge in [-0.05, 0) is 37.1 Å². The molecule has 1 aliphatic rings. The summed E-state index contributed by atoms with van der Waals surface area (Å²) in [6, 6.07) is 14.0. The van der Waals surface area contributed by atoms with Crippen molar-refractivity contribution < 1.29 is 9.18 Å². The van der Waals surface area contributed by atoms with Crippen LogP contribution in [0.2, 0.25) is 0 Å². The van der Waals surface area contributed by atoms with Gasteiger partial charge in [-0.1, -0.05) is 18.2 Å². The zero-order chi connectivity index (χ0) is 16.0. The van der Waals surface area contributed by atoms with E-state index in [0.717, 1.165) is 35.0 Å². The molecule has 1 aliphatic carbocycles. The molecule has 3 aromatic rings. The smallest absolute Gasteiger partial charge is 0.165 e. The van der Waals surface area contributed by atoms with Crippen molar-refractivity contribution >= 4 is 16.7 Å². The van der Waals surface area contributed by atoms with Gasteiger partial charge in [0.05, 0.1) is 22.8 Å². The number of hydrogen-bond acceptors (Lipinski definition) is 2. The summed E-state index contributed by atoms with van der Waals surface area (Å²) in [6.45, 7) is 0. The number of aromatic nitrogens is 1. The molecule has 0 saturated heterocycles. The summed E-state index contributed by atoms with van der Waals surface area (Å²) in [5, 5.41) is 9.79. The molecule has 0 unspecified atom stereocenters. The van der Waals surface area contributed by atoms with Gasteiger partial charge in [-0.15, -0.1) is 0 Å². The van der Waals surface area contributed by atoms with Crippen LogP contribution in [0.3, 0.4) is 0 Å². The highest BCUT2D eigenvalue weighted by atomic mass is 19.1. The van der Waals surface area contributed by atoms with E-state index in [1.165, 1.54) is 6.07 Å². The highest BCUT2D eigenvalue weighted by Gasteiger charge is 2.27. The number of nitriles is 1. The minimum Gasteiger partial charge on any atom is -0.310 e. The summed E-state index contributed by atoms with van der Waals surface area (Å²) in [6.07, 6.45) is 2.06. The fraction of sp³-hybridized carbons (Fsp3) is 0.158. The first kappa shape index (κ1) is 13.7. The van der Waals surface area contributed by atoms with E-state index in [2.05, 4.69) is 0 Å². The molecule has 3 nitrogen and oxygen atoms in total. The lowest BCUT2D eigenvalue weighted by Gasteiger charge is -2.16. The topological polar surface area (TPSA) is 45.8 Å². The number of hydrogen-bond donors (Lipinski definition) is 0. The highest BCUT2D eigenvalue weighted by molar-refractivity contribution is 6.10. The van der Waals surface area contributed by atoms with Gasteiger partial charge in [-0.25, -0.2) is 4.39 Å². The zero-order valence-corrected chi connectivity index (χ0v) is 12.3. The number of halogens is 1. The second-order valence-electron chi connectivity index (χ2n) is 5.73. The lowest BCUT2D eigenvalue weighted by molar-refractivity contribution is 0.0973. The molecular formula is C19H13FN2O. The van der Waals surface area contributed by atoms with Gasteiger partial charge in [-0.2, -0.15) is 5.26 Å². The minimum absolute atomic E-state index is 0.121. The van der Waals surface area contributed by atoms with E-state index in [0.29, 0.717) is 12.1 Å². The number of benzene rings is 2. The Balaban J connectivity index is 2.09. The molecule has 0 radical (unpaired) electrons. The van der Waals surface area contributed by atoms with Crippen LogP contribution in [0.4, 0.5) is 4.39 Å². The van der Waals surface area contributed by atoms with E-state index >= 15 is 0 Å². The standard InChI is InChI=1S/C19H13FN2O/c20-14-10-12(11-21)8-9-16(14)22-15-5-2-1-4-13(15)19-17(22)6-3-7-18(19)23/h1-2,4-5,8-10H,3,6-7H2. The van der Waals surface area contributed by atoms with Crippen LogP contribution in [-0.4, -0.2) is 10.4 Å². The van der Waals surface area contributed by atoms with Crippen LogP contribution in [-0.2, 0) is 6.42 Å². The molecular weight excluding hydrogens is 291 g/mol. The average molecular weight is 304 g/mol. The van der Waals surface area contributed by atoms with Gasteiger partial charge < -0.3 is 4.57 Å². The predicted octanol–water partition coefficient (Wildman–Crippen LogP) is 4.16. The van der Waals surface area contributed by atoms with Crippen molar-refractivity contribution in [1.29, 1.82) is 5.26 Å². The second-order valence-corrected chi connectivity index (χ2v) is 5.73. The number of nitrogens with zero attached hydrogens (tertiary/aromatic N) is 2. The lowest BCUT2D eigenvalue weighted by Crippen LogP contribution is -2.13. The largest absolute Gasteiger partial charge is 0.310 e. The normalized spacial score (nSPS) is 13.8. The second kappa shape index (κ2) is 5.06. The summed E-state index contributed by atoms with van der Waals surface area (Å²) in [5.74, 6) is -0.333. The number of carbonyl (C=O) groups is 1. The third kappa shape index (κ3) is 1.97. The predicted molar refractivity (Wildman–Crippen MR) is 85.2 cm³/mol. The summed E-state index contributed by atoms with van der Waals surface area (Å²) >= 11 is 0. The van der Waals surface area contributed by atoms with Crippen LogP contribution >= 0.6 is 0 Å². The third-order valence-electron chi connectivity index (χ3n) is 4.39. The fourth-order valence-corrected chi connectivity index (χ4v) is 3.41. The van der Waals surface area contributed by atoms with Crippen molar-refractivity contribution in [2.24, 2.45) is 0 Å². The highest BCUT2D eigenvalue weighted by Crippen LogP contribution is 2.35. The van der Waals surface area contributed by atoms with E-state index in [1.54, 1.807) is 12.1 Å². The van der Waals surface area contributed by atoms with Crippen molar-refractivity contribution in [3.8, 4) is 11.8 Å². The molecule has 4 heteroatoms. The first-order valence-corrected chi connectivity index (χ1v) is 7.56. The van der Waals surface area contributed by atoms with E-state index in [9.17, 15) is 9.18 Å². The van der Waals surface area contributed by atoms with Crippen molar-refractivity contribution in [3.63, 3.8) is 0 Å². The summed E-state index contributed by atoms with van der Waals surface area (Å²) in [7, 11) is 0. The van der Waals surface area contributed by atoms with Crippen molar-refractivity contribution in [2.75, 3.05) is 0 Å². The Kier molecular flexibility index (Phi) is 3.02. The van der Waals surface area contributed by atoms with E-state index in [4.69, 9.17) is 5.26 Å². The number of ketones is 1. The van der Waals surface area contributed by atoms with Crippen LogP contribution in [0.1, 0.15) is 34.5 Å². The number of rotatable bonds is 1. The Labute approximate surface area is 132 Å². The van der Waals surface area contributed by atoms with Gasteiger partial charge in [0.15, 0.2) is 5.78 Å². The minimum atomic E-state index is -0.453. The fourth-order valence-electron chi connectivity index (χ4n) is 3.41. The number of para-hydroxylation sites is 1. The van der Waals surface area contributed by atoms with Gasteiger partial charge in [0.25, 0.3) is 0 Å². The number of Topliss-reactive ketones (excluding diaryl/α,β-unsaturated/α-hetero) is 1. The molecule has 0 bridgehead atoms. The van der Waals surface area contributed by atoms with Gasteiger partial charge in [-0.3, -0.25) is 4.79 Å². The quantitative estimate of drug-likeness (QED) is 0.677. The van der Waals surface area contributed by atoms with Crippen molar-refractivity contribution in [1.82, 2.24) is 4.57 Å². The molecule has 112 valence electrons. The molecule has 0 amide bonds. The van der Waals surface area contributed by atoms with Crippen molar-refractivity contribution in [3.05, 3.63) is 65.1 Å². The maximum Gasteiger partial charge on any atom is 0.165 e. The first-order chi connectivity index (χ1) is 11.2. The Bertz CT molecular complexity index is 995. The Hall–Kier alpha value is -2.93. The maximum atomic E-state index is 14.5. The van der Waals surface area contributed by atoms with Crippen LogP contribution in [0, 0.1) is 17.1 Å². The summed E-state index contributed by atoms with van der Waals surface area (Å²) in [4.78, 5) is 12.4. The number of fused-ring (bicyclic) bond motifs is 3. The molecule has 0 spiro atoms. The van der Waals surface area contributed by atoms with Gasteiger partial charge in [0.2, 0.25) is 0 Å². The molecule has 4 rings (SSSR count). The van der Waals surface area contributed by atoms with Crippen LogP contribution in [0.15, 0.2) is 42.5 Å². The van der Waals surface area contributed by atoms with Gasteiger partial charge in [0, 0.05) is 23.1 Å². The van der Waals surface area contributed by atoms with Crippen LogP contribution in [0.25, 0.3) is 16.6 Å². The van der Waals surface area contributed by atoms with E-state index < -0.39 is 5.82 Å². The Morgan fingerprint density at radius 3 is 2.74 bits per heavy atom. The molecule has 0 atom stereocenters. The third-order valence-corrected chi connectivity index (χ3v) is 4.39. The summed E-state index contributed by atoms with van der Waals surface area (Å²) in [5.41, 5.74) is 3.09. The molecule has 0 fully saturated rings. The van der Waals surface area contributed by atoms with Gasteiger partial charge >= 0.3 is 0 Å². The molecule has 0 saturated carbocycles. The van der Waals surface area contributed by atoms with Gasteiger partial charge in [0.1, 0.15) is 5.82 Å². The molecule has 23 heavy (non-hydrogen) atoms. The first-order valence-electron chi connectivity index (χ1n) is 7.56. The Morgan fingerprint density at radius 2 is 1.96 bits per heavy atom. The molecule has 2 aromatic carbocycles. The Morgan fingerprint density at radius 1 is 1.13 bits per heavy atom. The SMILES string of the molecule is N#Cc1ccc(-n2c3c(c4ccccc42)C(=O)CCC3)c(F)c1. The molecule has 0 N–H and O–H groups in total. The number of carbonyl (C=O) groups excluding carboxylic acids is 1. The van der Waals surface area contributed by atoms with Crippen LogP contribution in [0.5, 0.6) is 0 Å². The molecule has 0 aliphatic heterocycles. The monoisotopic (exact) mass is 304 g/mol. The van der Waals surface area contributed by atoms with E-state index in [-0.39, 0.29) is 11.3 Å². The summed E-state index contributed by atoms with van der Waals surface area (Å²) < 4.78 is 16.4. The van der Waals surface area contributed by atoms with E-state index in [1.807, 2.05) is 34.9 Å². The zero-order valence-electron chi connectivity index (χ0n) is 12.3. The van der Waals surface area contributed by atoms with Crippen molar-refractivity contribution in [2.45, 2.75) is 19.3 Å².